The molecule has 8 nitrogen and oxygen atoms in total. The number of nitrogens with one attached hydrogen (secondary N) is 3. The molecule has 1 heterocycles. The largest absolute Gasteiger partial charge is 0.457 e. The number of aromatic nitrogens is 1. The van der Waals surface area contributed by atoms with Gasteiger partial charge in [0.15, 0.2) is 0 Å². The van der Waals surface area contributed by atoms with Crippen LogP contribution in [0.2, 0.25) is 0 Å². The zero-order valence-corrected chi connectivity index (χ0v) is 17.1. The van der Waals surface area contributed by atoms with Crippen molar-refractivity contribution in [3.63, 3.8) is 0 Å². The first-order chi connectivity index (χ1) is 15.0. The van der Waals surface area contributed by atoms with Crippen molar-refractivity contribution in [1.29, 1.82) is 0 Å². The summed E-state index contributed by atoms with van der Waals surface area (Å²) in [5, 5.41) is 2.49. The van der Waals surface area contributed by atoms with E-state index in [-0.39, 0.29) is 11.6 Å². The van der Waals surface area contributed by atoms with Gasteiger partial charge in [0.1, 0.15) is 17.2 Å². The van der Waals surface area contributed by atoms with Gasteiger partial charge in [0.25, 0.3) is 17.7 Å². The Labute approximate surface area is 179 Å². The highest BCUT2D eigenvalue weighted by Crippen LogP contribution is 2.22. The van der Waals surface area contributed by atoms with Gasteiger partial charge in [0.2, 0.25) is 0 Å². The van der Waals surface area contributed by atoms with Crippen molar-refractivity contribution in [2.45, 2.75) is 13.3 Å². The topological polar surface area (TPSA) is 109 Å². The summed E-state index contributed by atoms with van der Waals surface area (Å²) in [5.74, 6) is -0.427. The summed E-state index contributed by atoms with van der Waals surface area (Å²) in [5.41, 5.74) is 6.75. The van der Waals surface area contributed by atoms with Gasteiger partial charge in [-0.05, 0) is 42.3 Å². The molecule has 0 fully saturated rings. The molecule has 0 unspecified atom stereocenters. The van der Waals surface area contributed by atoms with E-state index in [4.69, 9.17) is 4.74 Å². The summed E-state index contributed by atoms with van der Waals surface area (Å²) >= 11 is 0. The maximum Gasteiger partial charge on any atom is 0.269 e. The molecule has 0 aliphatic heterocycles. The molecule has 158 valence electrons. The molecule has 2 aromatic carbocycles. The molecule has 0 saturated heterocycles. The first-order valence-electron chi connectivity index (χ1n) is 9.66. The number of pyridine rings is 1. The normalized spacial score (nSPS) is 10.1. The molecule has 31 heavy (non-hydrogen) atoms. The number of carbonyl (C=O) groups is 3. The highest BCUT2D eigenvalue weighted by Gasteiger charge is 2.13. The van der Waals surface area contributed by atoms with Gasteiger partial charge in [0, 0.05) is 30.4 Å². The highest BCUT2D eigenvalue weighted by atomic mass is 16.5. The van der Waals surface area contributed by atoms with Crippen molar-refractivity contribution < 1.29 is 19.1 Å². The van der Waals surface area contributed by atoms with E-state index in [2.05, 4.69) is 21.2 Å². The van der Waals surface area contributed by atoms with Gasteiger partial charge in [0.05, 0.1) is 0 Å². The summed E-state index contributed by atoms with van der Waals surface area (Å²) in [6.07, 6.45) is 2.16. The Morgan fingerprint density at radius 2 is 1.61 bits per heavy atom. The number of carbonyl (C=O) groups excluding carboxylic acids is 3. The number of ether oxygens (including phenoxy) is 1. The summed E-state index contributed by atoms with van der Waals surface area (Å²) < 4.78 is 5.74. The second-order valence-corrected chi connectivity index (χ2v) is 6.50. The highest BCUT2D eigenvalue weighted by molar-refractivity contribution is 6.00. The van der Waals surface area contributed by atoms with Crippen LogP contribution in [0.3, 0.4) is 0 Å². The minimum absolute atomic E-state index is 0.212. The van der Waals surface area contributed by atoms with E-state index in [1.54, 1.807) is 36.4 Å². The van der Waals surface area contributed by atoms with E-state index < -0.39 is 11.8 Å². The predicted octanol–water partition coefficient (Wildman–Crippen LogP) is 2.87. The van der Waals surface area contributed by atoms with Crippen LogP contribution in [0.1, 0.15) is 43.7 Å². The maximum absolute atomic E-state index is 12.5. The number of nitrogens with zero attached hydrogens (tertiary/aromatic N) is 1. The first kappa shape index (κ1) is 21.5. The monoisotopic (exact) mass is 418 g/mol. The van der Waals surface area contributed by atoms with Crippen molar-refractivity contribution in [3.05, 3.63) is 89.2 Å². The van der Waals surface area contributed by atoms with Crippen LogP contribution in [-0.4, -0.2) is 29.8 Å². The van der Waals surface area contributed by atoms with E-state index in [1.807, 2.05) is 19.1 Å². The summed E-state index contributed by atoms with van der Waals surface area (Å²) in [6.45, 7) is 1.95. The van der Waals surface area contributed by atoms with E-state index in [9.17, 15) is 14.4 Å². The molecule has 1 aromatic heterocycles. The van der Waals surface area contributed by atoms with Gasteiger partial charge >= 0.3 is 0 Å². The molecule has 3 N–H and O–H groups in total. The second-order valence-electron chi connectivity index (χ2n) is 6.50. The summed E-state index contributed by atoms with van der Waals surface area (Å²) in [4.78, 5) is 40.6. The standard InChI is InChI=1S/C23H22N4O4/c1-3-15-7-4-5-10-19(15)22(29)27-26-21(28)16-8-6-9-17(13-16)31-18-11-12-25-20(14-18)23(30)24-2/h4-14H,3H2,1-2H3,(H,24,30)(H,26,28)(H,27,29). The lowest BCUT2D eigenvalue weighted by atomic mass is 10.1. The average molecular weight is 418 g/mol. The van der Waals surface area contributed by atoms with Gasteiger partial charge in [-0.15, -0.1) is 0 Å². The number of hydrazine groups is 1. The second kappa shape index (κ2) is 10.0. The fourth-order valence-electron chi connectivity index (χ4n) is 2.87. The molecule has 0 aliphatic carbocycles. The molecule has 0 spiro atoms. The minimum atomic E-state index is -0.492. The lowest BCUT2D eigenvalue weighted by molar-refractivity contribution is 0.0846. The Bertz CT molecular complexity index is 1110. The van der Waals surface area contributed by atoms with Gasteiger partial charge in [-0.1, -0.05) is 31.2 Å². The fraction of sp³-hybridized carbons (Fsp3) is 0.130. The predicted molar refractivity (Wildman–Crippen MR) is 115 cm³/mol. The smallest absolute Gasteiger partial charge is 0.269 e. The number of aryl methyl sites for hydroxylation is 1. The van der Waals surface area contributed by atoms with E-state index in [0.717, 1.165) is 5.56 Å². The Balaban J connectivity index is 1.66. The average Bonchev–Trinajstić information content (AvgIpc) is 2.82. The zero-order valence-electron chi connectivity index (χ0n) is 17.1. The lowest BCUT2D eigenvalue weighted by Gasteiger charge is -2.11. The lowest BCUT2D eigenvalue weighted by Crippen LogP contribution is -2.41. The maximum atomic E-state index is 12.5. The molecule has 0 radical (unpaired) electrons. The van der Waals surface area contributed by atoms with Crippen LogP contribution >= 0.6 is 0 Å². The SMILES string of the molecule is CCc1ccccc1C(=O)NNC(=O)c1cccc(Oc2ccnc(C(=O)NC)c2)c1. The Kier molecular flexibility index (Phi) is 6.95. The van der Waals surface area contributed by atoms with Gasteiger partial charge in [-0.2, -0.15) is 0 Å². The molecule has 3 aromatic rings. The van der Waals surface area contributed by atoms with Crippen LogP contribution in [0, 0.1) is 0 Å². The third-order valence-electron chi connectivity index (χ3n) is 4.46. The third kappa shape index (κ3) is 5.45. The van der Waals surface area contributed by atoms with Gasteiger partial charge < -0.3 is 10.1 Å². The number of hydrogen-bond acceptors (Lipinski definition) is 5. The summed E-state index contributed by atoms with van der Waals surface area (Å²) in [6, 6.07) is 16.8. The molecule has 0 saturated carbocycles. The molecule has 0 bridgehead atoms. The minimum Gasteiger partial charge on any atom is -0.457 e. The van der Waals surface area contributed by atoms with Crippen LogP contribution in [0.15, 0.2) is 66.9 Å². The molecule has 3 rings (SSSR count). The number of amides is 3. The zero-order chi connectivity index (χ0) is 22.2. The molecule has 0 aliphatic rings. The molecule has 0 atom stereocenters. The van der Waals surface area contributed by atoms with E-state index in [0.29, 0.717) is 29.0 Å². The first-order valence-corrected chi connectivity index (χ1v) is 9.66. The van der Waals surface area contributed by atoms with Crippen LogP contribution < -0.4 is 20.9 Å². The molecular formula is C23H22N4O4. The Morgan fingerprint density at radius 3 is 2.39 bits per heavy atom. The van der Waals surface area contributed by atoms with Crippen molar-refractivity contribution in [3.8, 4) is 11.5 Å². The Hall–Kier alpha value is -4.20. The van der Waals surface area contributed by atoms with Crippen molar-refractivity contribution >= 4 is 17.7 Å². The molecule has 3 amide bonds. The van der Waals surface area contributed by atoms with E-state index in [1.165, 1.54) is 25.4 Å². The quantitative estimate of drug-likeness (QED) is 0.534. The number of rotatable bonds is 6. The fourth-order valence-corrected chi connectivity index (χ4v) is 2.87. The molecular weight excluding hydrogens is 396 g/mol. The third-order valence-corrected chi connectivity index (χ3v) is 4.46. The van der Waals surface area contributed by atoms with Crippen molar-refractivity contribution in [2.24, 2.45) is 0 Å². The molecule has 8 heteroatoms. The number of hydrogen-bond donors (Lipinski definition) is 3. The van der Waals surface area contributed by atoms with Crippen molar-refractivity contribution in [2.75, 3.05) is 7.05 Å². The van der Waals surface area contributed by atoms with Crippen molar-refractivity contribution in [1.82, 2.24) is 21.2 Å². The van der Waals surface area contributed by atoms with Crippen LogP contribution in [0.4, 0.5) is 0 Å². The number of benzene rings is 2. The van der Waals surface area contributed by atoms with Crippen LogP contribution in [-0.2, 0) is 6.42 Å². The Morgan fingerprint density at radius 1 is 0.871 bits per heavy atom. The van der Waals surface area contributed by atoms with Gasteiger partial charge in [-0.25, -0.2) is 0 Å². The summed E-state index contributed by atoms with van der Waals surface area (Å²) in [7, 11) is 1.51. The van der Waals surface area contributed by atoms with Crippen LogP contribution in [0.5, 0.6) is 11.5 Å². The van der Waals surface area contributed by atoms with Gasteiger partial charge in [-0.3, -0.25) is 30.2 Å². The van der Waals surface area contributed by atoms with E-state index >= 15 is 0 Å². The van der Waals surface area contributed by atoms with Crippen LogP contribution in [0.25, 0.3) is 0 Å².